The van der Waals surface area contributed by atoms with E-state index in [0.29, 0.717) is 52.5 Å². The van der Waals surface area contributed by atoms with Gasteiger partial charge in [-0.15, -0.1) is 0 Å². The predicted molar refractivity (Wildman–Crippen MR) is 112 cm³/mol. The lowest BCUT2D eigenvalue weighted by atomic mass is 10.1. The molecular weight excluding hydrogens is 398 g/mol. The zero-order valence-corrected chi connectivity index (χ0v) is 16.8. The number of carbonyl (C=O) groups excluding carboxylic acids is 1. The Morgan fingerprint density at radius 3 is 2.87 bits per heavy atom. The molecule has 1 N–H and O–H groups in total. The maximum atomic E-state index is 13.0. The highest BCUT2D eigenvalue weighted by atomic mass is 16.7. The number of furan rings is 1. The van der Waals surface area contributed by atoms with Crippen LogP contribution in [-0.2, 0) is 13.1 Å². The molecule has 5 rings (SSSR count). The summed E-state index contributed by atoms with van der Waals surface area (Å²) >= 11 is 0. The topological polar surface area (TPSA) is 95.6 Å². The van der Waals surface area contributed by atoms with Gasteiger partial charge in [-0.1, -0.05) is 6.07 Å². The molecule has 0 aliphatic carbocycles. The van der Waals surface area contributed by atoms with Gasteiger partial charge in [-0.05, 0) is 48.9 Å². The standard InChI is InChI=1S/C23H19N3O5/c1-14-17(22(27)24-11-15-4-5-20-21(9-15)31-13-30-20)10-18-19(25-14)6-7-26(23(18)28)12-16-3-2-8-29-16/h2-10H,11-13H2,1H3,(H,24,27). The van der Waals surface area contributed by atoms with Crippen LogP contribution >= 0.6 is 0 Å². The first-order valence-corrected chi connectivity index (χ1v) is 9.78. The molecule has 156 valence electrons. The minimum absolute atomic E-state index is 0.199. The van der Waals surface area contributed by atoms with Crippen molar-refractivity contribution in [3.8, 4) is 11.5 Å². The number of aromatic nitrogens is 2. The van der Waals surface area contributed by atoms with Crippen molar-refractivity contribution in [2.75, 3.05) is 6.79 Å². The van der Waals surface area contributed by atoms with Crippen molar-refractivity contribution >= 4 is 16.8 Å². The molecule has 4 heterocycles. The molecular formula is C23H19N3O5. The Hall–Kier alpha value is -4.07. The molecule has 1 aromatic carbocycles. The lowest BCUT2D eigenvalue weighted by Gasteiger charge is -2.10. The lowest BCUT2D eigenvalue weighted by molar-refractivity contribution is 0.0950. The van der Waals surface area contributed by atoms with Crippen LogP contribution in [0.25, 0.3) is 10.9 Å². The van der Waals surface area contributed by atoms with Gasteiger partial charge in [0.2, 0.25) is 6.79 Å². The summed E-state index contributed by atoms with van der Waals surface area (Å²) in [6.45, 7) is 2.57. The molecule has 8 nitrogen and oxygen atoms in total. The largest absolute Gasteiger partial charge is 0.467 e. The molecule has 4 aromatic rings. The van der Waals surface area contributed by atoms with Crippen LogP contribution in [0.3, 0.4) is 0 Å². The Morgan fingerprint density at radius 2 is 2.03 bits per heavy atom. The smallest absolute Gasteiger partial charge is 0.260 e. The number of pyridine rings is 2. The maximum Gasteiger partial charge on any atom is 0.260 e. The highest BCUT2D eigenvalue weighted by molar-refractivity contribution is 5.98. The molecule has 8 heteroatoms. The van der Waals surface area contributed by atoms with Crippen LogP contribution in [0.5, 0.6) is 11.5 Å². The first kappa shape index (κ1) is 18.9. The molecule has 1 aliphatic heterocycles. The summed E-state index contributed by atoms with van der Waals surface area (Å²) in [6.07, 6.45) is 3.24. The van der Waals surface area contributed by atoms with Crippen LogP contribution in [0.1, 0.15) is 27.4 Å². The molecule has 0 bridgehead atoms. The number of benzene rings is 1. The van der Waals surface area contributed by atoms with Crippen molar-refractivity contribution in [3.05, 3.63) is 87.9 Å². The second-order valence-corrected chi connectivity index (χ2v) is 7.25. The van der Waals surface area contributed by atoms with Crippen LogP contribution in [0.15, 0.2) is 64.1 Å². The monoisotopic (exact) mass is 417 g/mol. The molecule has 0 saturated carbocycles. The molecule has 31 heavy (non-hydrogen) atoms. The summed E-state index contributed by atoms with van der Waals surface area (Å²) in [5, 5.41) is 3.27. The predicted octanol–water partition coefficient (Wildman–Crippen LogP) is 3.00. The van der Waals surface area contributed by atoms with Crippen LogP contribution in [-0.4, -0.2) is 22.3 Å². The zero-order valence-electron chi connectivity index (χ0n) is 16.8. The Labute approximate surface area is 177 Å². The first-order valence-electron chi connectivity index (χ1n) is 9.78. The molecule has 1 aliphatic rings. The van der Waals surface area contributed by atoms with E-state index in [9.17, 15) is 9.59 Å². The van der Waals surface area contributed by atoms with Crippen molar-refractivity contribution in [2.24, 2.45) is 0 Å². The van der Waals surface area contributed by atoms with Crippen molar-refractivity contribution < 1.29 is 18.7 Å². The normalized spacial score (nSPS) is 12.3. The number of nitrogens with zero attached hydrogens (tertiary/aromatic N) is 2. The number of rotatable bonds is 5. The highest BCUT2D eigenvalue weighted by Crippen LogP contribution is 2.32. The van der Waals surface area contributed by atoms with E-state index in [0.717, 1.165) is 5.56 Å². The van der Waals surface area contributed by atoms with Crippen LogP contribution in [0.4, 0.5) is 0 Å². The average molecular weight is 417 g/mol. The van der Waals surface area contributed by atoms with Crippen molar-refractivity contribution in [2.45, 2.75) is 20.0 Å². The highest BCUT2D eigenvalue weighted by Gasteiger charge is 2.16. The van der Waals surface area contributed by atoms with E-state index in [-0.39, 0.29) is 18.3 Å². The molecule has 0 saturated heterocycles. The number of fused-ring (bicyclic) bond motifs is 2. The van der Waals surface area contributed by atoms with Crippen molar-refractivity contribution in [3.63, 3.8) is 0 Å². The van der Waals surface area contributed by atoms with Gasteiger partial charge in [-0.25, -0.2) is 0 Å². The maximum absolute atomic E-state index is 13.0. The van der Waals surface area contributed by atoms with Crippen LogP contribution in [0, 0.1) is 6.92 Å². The number of carbonyl (C=O) groups is 1. The second kappa shape index (κ2) is 7.64. The van der Waals surface area contributed by atoms with Gasteiger partial charge in [0.15, 0.2) is 11.5 Å². The fraction of sp³-hybridized carbons (Fsp3) is 0.174. The number of hydrogen-bond acceptors (Lipinski definition) is 6. The SMILES string of the molecule is Cc1nc2ccn(Cc3ccco3)c(=O)c2cc1C(=O)NCc1ccc2c(c1)OCO2. The molecule has 0 spiro atoms. The van der Waals surface area contributed by atoms with Gasteiger partial charge in [0, 0.05) is 12.7 Å². The Morgan fingerprint density at radius 1 is 1.16 bits per heavy atom. The number of aryl methyl sites for hydroxylation is 1. The molecule has 0 atom stereocenters. The van der Waals surface area contributed by atoms with E-state index >= 15 is 0 Å². The van der Waals surface area contributed by atoms with E-state index < -0.39 is 0 Å². The zero-order chi connectivity index (χ0) is 21.4. The van der Waals surface area contributed by atoms with E-state index in [1.54, 1.807) is 43.6 Å². The van der Waals surface area contributed by atoms with E-state index in [1.807, 2.05) is 18.2 Å². The Bertz CT molecular complexity index is 1340. The van der Waals surface area contributed by atoms with Crippen molar-refractivity contribution in [1.29, 1.82) is 0 Å². The number of hydrogen-bond donors (Lipinski definition) is 1. The first-order chi connectivity index (χ1) is 15.1. The lowest BCUT2D eigenvalue weighted by Crippen LogP contribution is -2.25. The molecule has 0 radical (unpaired) electrons. The molecule has 0 fully saturated rings. The number of amides is 1. The van der Waals surface area contributed by atoms with Gasteiger partial charge >= 0.3 is 0 Å². The number of nitrogens with one attached hydrogen (secondary N) is 1. The molecule has 0 unspecified atom stereocenters. The van der Waals surface area contributed by atoms with E-state index in [4.69, 9.17) is 13.9 Å². The third kappa shape index (κ3) is 3.63. The van der Waals surface area contributed by atoms with Gasteiger partial charge < -0.3 is 23.8 Å². The van der Waals surface area contributed by atoms with Crippen LogP contribution in [0.2, 0.25) is 0 Å². The van der Waals surface area contributed by atoms with E-state index in [1.165, 1.54) is 4.57 Å². The fourth-order valence-electron chi connectivity index (χ4n) is 3.56. The molecule has 1 amide bonds. The van der Waals surface area contributed by atoms with Gasteiger partial charge in [0.05, 0.1) is 35.0 Å². The minimum atomic E-state index is -0.301. The third-order valence-corrected chi connectivity index (χ3v) is 5.19. The average Bonchev–Trinajstić information content (AvgIpc) is 3.45. The van der Waals surface area contributed by atoms with Crippen LogP contribution < -0.4 is 20.3 Å². The summed E-state index contributed by atoms with van der Waals surface area (Å²) in [6, 6.07) is 12.5. The summed E-state index contributed by atoms with van der Waals surface area (Å²) in [5.41, 5.74) is 2.11. The minimum Gasteiger partial charge on any atom is -0.467 e. The summed E-state index contributed by atoms with van der Waals surface area (Å²) in [4.78, 5) is 30.3. The quantitative estimate of drug-likeness (QED) is 0.536. The second-order valence-electron chi connectivity index (χ2n) is 7.25. The summed E-state index contributed by atoms with van der Waals surface area (Å²) in [5.74, 6) is 1.72. The molecule has 3 aromatic heterocycles. The number of ether oxygens (including phenoxy) is 2. The summed E-state index contributed by atoms with van der Waals surface area (Å²) < 4.78 is 17.5. The van der Waals surface area contributed by atoms with Gasteiger partial charge in [-0.3, -0.25) is 14.6 Å². The summed E-state index contributed by atoms with van der Waals surface area (Å²) in [7, 11) is 0. The Balaban J connectivity index is 1.40. The van der Waals surface area contributed by atoms with Crippen molar-refractivity contribution in [1.82, 2.24) is 14.9 Å². The van der Waals surface area contributed by atoms with Gasteiger partial charge in [-0.2, -0.15) is 0 Å². The van der Waals surface area contributed by atoms with Gasteiger partial charge in [0.25, 0.3) is 11.5 Å². The van der Waals surface area contributed by atoms with E-state index in [2.05, 4.69) is 10.3 Å². The third-order valence-electron chi connectivity index (χ3n) is 5.19. The Kier molecular flexibility index (Phi) is 4.66. The fourth-order valence-corrected chi connectivity index (χ4v) is 3.56. The van der Waals surface area contributed by atoms with Gasteiger partial charge in [0.1, 0.15) is 5.76 Å².